The molecule has 1 aliphatic rings. The molecular formula is C15H20N2O4. The van der Waals surface area contributed by atoms with Crippen LogP contribution in [0.3, 0.4) is 0 Å². The maximum atomic E-state index is 12.1. The molecule has 2 rings (SSSR count). The lowest BCUT2D eigenvalue weighted by molar-refractivity contribution is 0.0244. The van der Waals surface area contributed by atoms with Crippen molar-refractivity contribution in [2.24, 2.45) is 0 Å². The number of carboxylic acid groups (broad SMARTS) is 1. The predicted molar refractivity (Wildman–Crippen MR) is 78.5 cm³/mol. The molecule has 1 aliphatic heterocycles. The Hall–Kier alpha value is -2.24. The van der Waals surface area contributed by atoms with Gasteiger partial charge < -0.3 is 20.1 Å². The fraction of sp³-hybridized carbons (Fsp3) is 0.467. The molecule has 21 heavy (non-hydrogen) atoms. The van der Waals surface area contributed by atoms with Gasteiger partial charge in [-0.1, -0.05) is 6.07 Å². The van der Waals surface area contributed by atoms with Crippen LogP contribution in [-0.2, 0) is 11.3 Å². The Morgan fingerprint density at radius 2 is 2.05 bits per heavy atom. The molecule has 1 heterocycles. The number of fused-ring (bicyclic) bond motifs is 1. The van der Waals surface area contributed by atoms with Gasteiger partial charge in [0.1, 0.15) is 5.60 Å². The van der Waals surface area contributed by atoms with Gasteiger partial charge in [-0.15, -0.1) is 0 Å². The molecule has 1 aromatic rings. The van der Waals surface area contributed by atoms with Crippen molar-refractivity contribution in [1.29, 1.82) is 0 Å². The smallest absolute Gasteiger partial charge is 0.410 e. The molecule has 0 aliphatic carbocycles. The van der Waals surface area contributed by atoms with Crippen LogP contribution in [0.25, 0.3) is 0 Å². The van der Waals surface area contributed by atoms with E-state index in [9.17, 15) is 9.59 Å². The number of anilines is 1. The summed E-state index contributed by atoms with van der Waals surface area (Å²) in [5.74, 6) is -0.965. The summed E-state index contributed by atoms with van der Waals surface area (Å²) >= 11 is 0. The minimum Gasteiger partial charge on any atom is -0.478 e. The quantitative estimate of drug-likeness (QED) is 0.831. The molecule has 0 spiro atoms. The third-order valence-electron chi connectivity index (χ3n) is 3.07. The van der Waals surface area contributed by atoms with Crippen molar-refractivity contribution in [3.05, 3.63) is 29.3 Å². The van der Waals surface area contributed by atoms with Crippen molar-refractivity contribution in [2.45, 2.75) is 32.9 Å². The Balaban J connectivity index is 2.18. The first-order chi connectivity index (χ1) is 9.76. The third-order valence-corrected chi connectivity index (χ3v) is 3.07. The number of ether oxygens (including phenoxy) is 1. The number of carbonyl (C=O) groups is 2. The normalized spacial score (nSPS) is 14.7. The summed E-state index contributed by atoms with van der Waals surface area (Å²) in [5, 5.41) is 12.2. The van der Waals surface area contributed by atoms with E-state index in [1.54, 1.807) is 23.1 Å². The second kappa shape index (κ2) is 5.63. The summed E-state index contributed by atoms with van der Waals surface area (Å²) < 4.78 is 5.37. The van der Waals surface area contributed by atoms with E-state index in [2.05, 4.69) is 5.32 Å². The SMILES string of the molecule is CC(C)(C)OC(=O)N1CCNc2cc(C(=O)O)ccc2C1. The fourth-order valence-electron chi connectivity index (χ4n) is 2.10. The van der Waals surface area contributed by atoms with Crippen LogP contribution in [0, 0.1) is 0 Å². The minimum atomic E-state index is -0.965. The number of aromatic carboxylic acids is 1. The Bertz CT molecular complexity index is 563. The maximum Gasteiger partial charge on any atom is 0.410 e. The van der Waals surface area contributed by atoms with E-state index in [1.807, 2.05) is 20.8 Å². The van der Waals surface area contributed by atoms with E-state index in [1.165, 1.54) is 0 Å². The highest BCUT2D eigenvalue weighted by molar-refractivity contribution is 5.89. The molecule has 6 heteroatoms. The number of amides is 1. The average Bonchev–Trinajstić information content (AvgIpc) is 2.57. The van der Waals surface area contributed by atoms with Gasteiger partial charge in [0.2, 0.25) is 0 Å². The van der Waals surface area contributed by atoms with Crippen LogP contribution in [0.15, 0.2) is 18.2 Å². The van der Waals surface area contributed by atoms with Crippen molar-refractivity contribution >= 4 is 17.7 Å². The molecule has 0 saturated heterocycles. The molecule has 2 N–H and O–H groups in total. The van der Waals surface area contributed by atoms with Crippen LogP contribution in [0.4, 0.5) is 10.5 Å². The second-order valence-corrected chi connectivity index (χ2v) is 6.01. The highest BCUT2D eigenvalue weighted by atomic mass is 16.6. The average molecular weight is 292 g/mol. The number of hydrogen-bond donors (Lipinski definition) is 2. The zero-order valence-electron chi connectivity index (χ0n) is 12.5. The number of nitrogens with one attached hydrogen (secondary N) is 1. The molecule has 0 bridgehead atoms. The van der Waals surface area contributed by atoms with Gasteiger partial charge in [-0.3, -0.25) is 0 Å². The van der Waals surface area contributed by atoms with Crippen molar-refractivity contribution in [3.8, 4) is 0 Å². The summed E-state index contributed by atoms with van der Waals surface area (Å²) in [6, 6.07) is 4.87. The first kappa shape index (κ1) is 15.2. The van der Waals surface area contributed by atoms with Gasteiger partial charge in [0.15, 0.2) is 0 Å². The molecule has 0 fully saturated rings. The van der Waals surface area contributed by atoms with Crippen molar-refractivity contribution in [1.82, 2.24) is 4.90 Å². The largest absolute Gasteiger partial charge is 0.478 e. The lowest BCUT2D eigenvalue weighted by Gasteiger charge is -2.26. The Morgan fingerprint density at radius 1 is 1.33 bits per heavy atom. The van der Waals surface area contributed by atoms with E-state index in [4.69, 9.17) is 9.84 Å². The highest BCUT2D eigenvalue weighted by Gasteiger charge is 2.24. The molecule has 0 radical (unpaired) electrons. The van der Waals surface area contributed by atoms with E-state index in [-0.39, 0.29) is 11.7 Å². The molecule has 0 saturated carbocycles. The predicted octanol–water partition coefficient (Wildman–Crippen LogP) is 2.55. The van der Waals surface area contributed by atoms with Gasteiger partial charge >= 0.3 is 12.1 Å². The molecule has 0 atom stereocenters. The summed E-state index contributed by atoms with van der Waals surface area (Å²) in [4.78, 5) is 24.7. The topological polar surface area (TPSA) is 78.9 Å². The van der Waals surface area contributed by atoms with Crippen LogP contribution >= 0.6 is 0 Å². The summed E-state index contributed by atoms with van der Waals surface area (Å²) in [6.07, 6.45) is -0.362. The molecule has 114 valence electrons. The Labute approximate surface area is 123 Å². The molecule has 0 unspecified atom stereocenters. The maximum absolute atomic E-state index is 12.1. The zero-order valence-corrected chi connectivity index (χ0v) is 12.5. The highest BCUT2D eigenvalue weighted by Crippen LogP contribution is 2.23. The summed E-state index contributed by atoms with van der Waals surface area (Å²) in [5.41, 5.74) is 1.32. The van der Waals surface area contributed by atoms with Crippen LogP contribution in [0.2, 0.25) is 0 Å². The van der Waals surface area contributed by atoms with E-state index < -0.39 is 11.6 Å². The zero-order chi connectivity index (χ0) is 15.6. The number of benzene rings is 1. The summed E-state index contributed by atoms with van der Waals surface area (Å²) in [6.45, 7) is 6.94. The first-order valence-corrected chi connectivity index (χ1v) is 6.84. The number of rotatable bonds is 1. The molecule has 1 aromatic carbocycles. The van der Waals surface area contributed by atoms with Crippen molar-refractivity contribution in [3.63, 3.8) is 0 Å². The standard InChI is InChI=1S/C15H20N2O4/c1-15(2,3)21-14(20)17-7-6-16-12-8-10(13(18)19)4-5-11(12)9-17/h4-5,8,16H,6-7,9H2,1-3H3,(H,18,19). The van der Waals surface area contributed by atoms with Gasteiger partial charge in [0, 0.05) is 18.8 Å². The molecule has 1 amide bonds. The molecule has 0 aromatic heterocycles. The monoisotopic (exact) mass is 292 g/mol. The van der Waals surface area contributed by atoms with Crippen LogP contribution in [0.5, 0.6) is 0 Å². The molecule has 6 nitrogen and oxygen atoms in total. The van der Waals surface area contributed by atoms with Gasteiger partial charge in [0.05, 0.1) is 12.1 Å². The molecular weight excluding hydrogens is 272 g/mol. The first-order valence-electron chi connectivity index (χ1n) is 6.84. The van der Waals surface area contributed by atoms with Gasteiger partial charge in [-0.05, 0) is 38.5 Å². The lowest BCUT2D eigenvalue weighted by Crippen LogP contribution is -2.37. The van der Waals surface area contributed by atoms with Gasteiger partial charge in [-0.2, -0.15) is 0 Å². The second-order valence-electron chi connectivity index (χ2n) is 6.01. The number of carbonyl (C=O) groups excluding carboxylic acids is 1. The van der Waals surface area contributed by atoms with E-state index in [0.717, 1.165) is 11.3 Å². The van der Waals surface area contributed by atoms with Crippen molar-refractivity contribution < 1.29 is 19.4 Å². The van der Waals surface area contributed by atoms with Crippen LogP contribution in [0.1, 0.15) is 36.7 Å². The fourth-order valence-corrected chi connectivity index (χ4v) is 2.10. The lowest BCUT2D eigenvalue weighted by atomic mass is 10.1. The van der Waals surface area contributed by atoms with E-state index >= 15 is 0 Å². The minimum absolute atomic E-state index is 0.229. The Kier molecular flexibility index (Phi) is 4.06. The van der Waals surface area contributed by atoms with Crippen LogP contribution in [-0.4, -0.2) is 40.8 Å². The number of hydrogen-bond acceptors (Lipinski definition) is 4. The number of carboxylic acids is 1. The van der Waals surface area contributed by atoms with E-state index in [0.29, 0.717) is 19.6 Å². The third kappa shape index (κ3) is 3.87. The van der Waals surface area contributed by atoms with Gasteiger partial charge in [0.25, 0.3) is 0 Å². The van der Waals surface area contributed by atoms with Crippen molar-refractivity contribution in [2.75, 3.05) is 18.4 Å². The Morgan fingerprint density at radius 3 is 2.67 bits per heavy atom. The van der Waals surface area contributed by atoms with Crippen LogP contribution < -0.4 is 5.32 Å². The van der Waals surface area contributed by atoms with Gasteiger partial charge in [-0.25, -0.2) is 9.59 Å². The summed E-state index contributed by atoms with van der Waals surface area (Å²) in [7, 11) is 0. The number of nitrogens with zero attached hydrogens (tertiary/aromatic N) is 1.